The lowest BCUT2D eigenvalue weighted by atomic mass is 10.1. The highest BCUT2D eigenvalue weighted by molar-refractivity contribution is 7.98. The Morgan fingerprint density at radius 3 is 2.50 bits per heavy atom. The molecule has 0 aliphatic rings. The van der Waals surface area contributed by atoms with Gasteiger partial charge in [-0.2, -0.15) is 11.8 Å². The highest BCUT2D eigenvalue weighted by Crippen LogP contribution is 2.19. The van der Waals surface area contributed by atoms with Gasteiger partial charge in [-0.1, -0.05) is 18.2 Å². The molecule has 22 heavy (non-hydrogen) atoms. The Morgan fingerprint density at radius 1 is 1.36 bits per heavy atom. The van der Waals surface area contributed by atoms with Gasteiger partial charge in [-0.05, 0) is 37.5 Å². The van der Waals surface area contributed by atoms with Gasteiger partial charge in [0.25, 0.3) is 0 Å². The second-order valence-electron chi connectivity index (χ2n) is 4.68. The van der Waals surface area contributed by atoms with Crippen molar-refractivity contribution in [3.63, 3.8) is 0 Å². The van der Waals surface area contributed by atoms with Crippen molar-refractivity contribution in [1.29, 1.82) is 0 Å². The summed E-state index contributed by atoms with van der Waals surface area (Å²) in [7, 11) is 0. The van der Waals surface area contributed by atoms with Crippen LogP contribution < -0.4 is 10.2 Å². The molecule has 0 aromatic heterocycles. The lowest BCUT2D eigenvalue weighted by Crippen LogP contribution is -2.52. The molecule has 2 atom stereocenters. The number of rotatable bonds is 9. The molecule has 1 aromatic rings. The smallest absolute Gasteiger partial charge is 0.326 e. The van der Waals surface area contributed by atoms with E-state index in [4.69, 9.17) is 0 Å². The SMILES string of the molecule is CSCC[C@H](NC=O)C(=O)N(c1ccccc1)[C@@H](C)C(=O)O. The van der Waals surface area contributed by atoms with Gasteiger partial charge in [0.05, 0.1) is 0 Å². The van der Waals surface area contributed by atoms with Crippen molar-refractivity contribution in [3.8, 4) is 0 Å². The van der Waals surface area contributed by atoms with Crippen LogP contribution >= 0.6 is 11.8 Å². The van der Waals surface area contributed by atoms with E-state index < -0.39 is 24.0 Å². The summed E-state index contributed by atoms with van der Waals surface area (Å²) >= 11 is 1.55. The van der Waals surface area contributed by atoms with Gasteiger partial charge in [0.15, 0.2) is 0 Å². The molecule has 0 fully saturated rings. The normalized spacial score (nSPS) is 13.0. The van der Waals surface area contributed by atoms with Crippen molar-refractivity contribution in [2.75, 3.05) is 16.9 Å². The predicted molar refractivity (Wildman–Crippen MR) is 87.0 cm³/mol. The van der Waals surface area contributed by atoms with Crippen molar-refractivity contribution < 1.29 is 19.5 Å². The molecule has 2 N–H and O–H groups in total. The number of hydrogen-bond acceptors (Lipinski definition) is 4. The van der Waals surface area contributed by atoms with Gasteiger partial charge in [-0.25, -0.2) is 4.79 Å². The Bertz CT molecular complexity index is 510. The number of amides is 2. The van der Waals surface area contributed by atoms with Gasteiger partial charge in [-0.15, -0.1) is 0 Å². The van der Waals surface area contributed by atoms with Gasteiger partial charge in [0.2, 0.25) is 12.3 Å². The molecule has 0 heterocycles. The summed E-state index contributed by atoms with van der Waals surface area (Å²) in [5.74, 6) is -0.851. The van der Waals surface area contributed by atoms with Crippen molar-refractivity contribution >= 4 is 35.7 Å². The van der Waals surface area contributed by atoms with Crippen LogP contribution in [-0.4, -0.2) is 47.5 Å². The zero-order valence-electron chi connectivity index (χ0n) is 12.6. The van der Waals surface area contributed by atoms with Crippen LogP contribution in [0, 0.1) is 0 Å². The molecule has 120 valence electrons. The number of aliphatic carboxylic acids is 1. The van der Waals surface area contributed by atoms with E-state index in [0.29, 0.717) is 24.3 Å². The number of nitrogens with zero attached hydrogens (tertiary/aromatic N) is 1. The molecular formula is C15H20N2O4S. The van der Waals surface area contributed by atoms with Crippen LogP contribution in [0.4, 0.5) is 5.69 Å². The van der Waals surface area contributed by atoms with E-state index in [1.165, 1.54) is 11.8 Å². The van der Waals surface area contributed by atoms with Crippen LogP contribution in [0.2, 0.25) is 0 Å². The Hall–Kier alpha value is -2.02. The molecule has 0 saturated carbocycles. The third-order valence-electron chi connectivity index (χ3n) is 3.19. The molecule has 0 radical (unpaired) electrons. The number of carboxylic acids is 1. The number of carbonyl (C=O) groups excluding carboxylic acids is 2. The van der Waals surface area contributed by atoms with Crippen LogP contribution in [-0.2, 0) is 14.4 Å². The van der Waals surface area contributed by atoms with Gasteiger partial charge < -0.3 is 10.4 Å². The minimum absolute atomic E-state index is 0.428. The molecule has 1 rings (SSSR count). The van der Waals surface area contributed by atoms with Crippen LogP contribution in [0.25, 0.3) is 0 Å². The van der Waals surface area contributed by atoms with E-state index >= 15 is 0 Å². The Morgan fingerprint density at radius 2 is 2.00 bits per heavy atom. The van der Waals surface area contributed by atoms with Crippen LogP contribution in [0.1, 0.15) is 13.3 Å². The van der Waals surface area contributed by atoms with Crippen LogP contribution in [0.3, 0.4) is 0 Å². The van der Waals surface area contributed by atoms with Gasteiger partial charge >= 0.3 is 5.97 Å². The molecule has 0 aliphatic heterocycles. The van der Waals surface area contributed by atoms with E-state index in [1.54, 1.807) is 42.1 Å². The summed E-state index contributed by atoms with van der Waals surface area (Å²) in [6.07, 6.45) is 2.81. The predicted octanol–water partition coefficient (Wildman–Crippen LogP) is 1.36. The zero-order valence-corrected chi connectivity index (χ0v) is 13.4. The number of hydrogen-bond donors (Lipinski definition) is 2. The second kappa shape index (κ2) is 9.09. The molecule has 0 unspecified atom stereocenters. The minimum Gasteiger partial charge on any atom is -0.480 e. The van der Waals surface area contributed by atoms with Gasteiger partial charge in [0, 0.05) is 5.69 Å². The Labute approximate surface area is 133 Å². The first-order valence-electron chi connectivity index (χ1n) is 6.82. The maximum Gasteiger partial charge on any atom is 0.326 e. The number of carbonyl (C=O) groups is 3. The molecule has 0 bridgehead atoms. The lowest BCUT2D eigenvalue weighted by molar-refractivity contribution is -0.139. The minimum atomic E-state index is -1.10. The van der Waals surface area contributed by atoms with Crippen LogP contribution in [0.15, 0.2) is 30.3 Å². The zero-order chi connectivity index (χ0) is 16.5. The third kappa shape index (κ3) is 4.77. The molecular weight excluding hydrogens is 304 g/mol. The number of para-hydroxylation sites is 1. The van der Waals surface area contributed by atoms with Crippen molar-refractivity contribution in [2.24, 2.45) is 0 Å². The summed E-state index contributed by atoms with van der Waals surface area (Å²) < 4.78 is 0. The molecule has 7 heteroatoms. The number of nitrogens with one attached hydrogen (secondary N) is 1. The van der Waals surface area contributed by atoms with Crippen molar-refractivity contribution in [1.82, 2.24) is 5.32 Å². The summed E-state index contributed by atoms with van der Waals surface area (Å²) in [4.78, 5) is 36.0. The fourth-order valence-electron chi connectivity index (χ4n) is 2.00. The first-order chi connectivity index (χ1) is 10.5. The number of carboxylic acid groups (broad SMARTS) is 1. The lowest BCUT2D eigenvalue weighted by Gasteiger charge is -2.30. The summed E-state index contributed by atoms with van der Waals surface area (Å²) in [5, 5.41) is 11.7. The topological polar surface area (TPSA) is 86.7 Å². The highest BCUT2D eigenvalue weighted by atomic mass is 32.2. The van der Waals surface area contributed by atoms with E-state index in [1.807, 2.05) is 6.26 Å². The first kappa shape index (κ1) is 18.0. The molecule has 0 spiro atoms. The first-order valence-corrected chi connectivity index (χ1v) is 8.21. The Balaban J connectivity index is 3.10. The molecule has 6 nitrogen and oxygen atoms in total. The third-order valence-corrected chi connectivity index (χ3v) is 3.84. The quantitative estimate of drug-likeness (QED) is 0.670. The largest absolute Gasteiger partial charge is 0.480 e. The standard InChI is InChI=1S/C15H20N2O4S/c1-11(15(20)21)17(12-6-4-3-5-7-12)14(19)13(16-10-18)8-9-22-2/h3-7,10-11,13H,8-9H2,1-2H3,(H,16,18)(H,20,21)/t11-,13-/m0/s1. The number of benzene rings is 1. The molecule has 0 saturated heterocycles. The average molecular weight is 324 g/mol. The highest BCUT2D eigenvalue weighted by Gasteiger charge is 2.31. The number of thioether (sulfide) groups is 1. The average Bonchev–Trinajstić information content (AvgIpc) is 2.52. The monoisotopic (exact) mass is 324 g/mol. The maximum atomic E-state index is 12.7. The van der Waals surface area contributed by atoms with E-state index in [9.17, 15) is 19.5 Å². The van der Waals surface area contributed by atoms with E-state index in [2.05, 4.69) is 5.32 Å². The fraction of sp³-hybridized carbons (Fsp3) is 0.400. The molecule has 1 aromatic carbocycles. The van der Waals surface area contributed by atoms with E-state index in [-0.39, 0.29) is 0 Å². The number of anilines is 1. The van der Waals surface area contributed by atoms with Gasteiger partial charge in [0.1, 0.15) is 12.1 Å². The molecule has 0 aliphatic carbocycles. The second-order valence-corrected chi connectivity index (χ2v) is 5.66. The maximum absolute atomic E-state index is 12.7. The summed E-state index contributed by atoms with van der Waals surface area (Å²) in [6.45, 7) is 1.44. The van der Waals surface area contributed by atoms with Gasteiger partial charge in [-0.3, -0.25) is 14.5 Å². The summed E-state index contributed by atoms with van der Waals surface area (Å²) in [6, 6.07) is 6.81. The van der Waals surface area contributed by atoms with Crippen molar-refractivity contribution in [3.05, 3.63) is 30.3 Å². The van der Waals surface area contributed by atoms with E-state index in [0.717, 1.165) is 0 Å². The van der Waals surface area contributed by atoms with Crippen molar-refractivity contribution in [2.45, 2.75) is 25.4 Å². The fourth-order valence-corrected chi connectivity index (χ4v) is 2.48. The summed E-state index contributed by atoms with van der Waals surface area (Å²) in [5.41, 5.74) is 0.490. The van der Waals surface area contributed by atoms with Crippen LogP contribution in [0.5, 0.6) is 0 Å². The Kier molecular flexibility index (Phi) is 7.45. The molecule has 2 amide bonds.